The molecule has 1 aromatic carbocycles. The number of carbonyl (C=O) groups excluding carboxylic acids is 1. The van der Waals surface area contributed by atoms with Crippen molar-refractivity contribution in [2.75, 3.05) is 7.05 Å². The van der Waals surface area contributed by atoms with Gasteiger partial charge >= 0.3 is 0 Å². The van der Waals surface area contributed by atoms with Gasteiger partial charge in [-0.25, -0.2) is 0 Å². The summed E-state index contributed by atoms with van der Waals surface area (Å²) < 4.78 is 10.9. The van der Waals surface area contributed by atoms with Crippen molar-refractivity contribution in [2.45, 2.75) is 38.8 Å². The first-order valence-electron chi connectivity index (χ1n) is 7.36. The van der Waals surface area contributed by atoms with Gasteiger partial charge in [0.25, 0.3) is 5.91 Å². The minimum atomic E-state index is -0.473. The first-order valence-corrected chi connectivity index (χ1v) is 7.36. The number of aromatic nitrogens is 2. The van der Waals surface area contributed by atoms with Crippen LogP contribution in [0.25, 0.3) is 0 Å². The lowest BCUT2D eigenvalue weighted by molar-refractivity contribution is -0.137. The third-order valence-corrected chi connectivity index (χ3v) is 3.66. The van der Waals surface area contributed by atoms with Crippen LogP contribution < -0.4 is 4.74 Å². The molecule has 0 radical (unpaired) electrons. The number of nitrogens with zero attached hydrogens (tertiary/aromatic N) is 3. The van der Waals surface area contributed by atoms with Crippen molar-refractivity contribution in [1.29, 1.82) is 0 Å². The maximum atomic E-state index is 12.5. The van der Waals surface area contributed by atoms with Gasteiger partial charge in [-0.1, -0.05) is 37.2 Å². The fourth-order valence-electron chi connectivity index (χ4n) is 2.42. The normalized spacial score (nSPS) is 16.5. The highest BCUT2D eigenvalue weighted by Gasteiger charge is 2.31. The van der Waals surface area contributed by atoms with E-state index >= 15 is 0 Å². The van der Waals surface area contributed by atoms with Gasteiger partial charge in [0, 0.05) is 19.4 Å². The average Bonchev–Trinajstić information content (AvgIpc) is 3.12. The van der Waals surface area contributed by atoms with Gasteiger partial charge in [0.05, 0.1) is 6.54 Å². The number of hydrogen-bond donors (Lipinski definition) is 0. The summed E-state index contributed by atoms with van der Waals surface area (Å²) in [6, 6.07) is 7.72. The van der Waals surface area contributed by atoms with Crippen LogP contribution in [0.15, 0.2) is 28.8 Å². The molecule has 0 spiro atoms. The molecular weight excluding hydrogens is 282 g/mol. The molecule has 0 unspecified atom stereocenters. The molecule has 1 atom stereocenters. The molecule has 1 amide bonds. The highest BCUT2D eigenvalue weighted by Crippen LogP contribution is 2.28. The summed E-state index contributed by atoms with van der Waals surface area (Å²) >= 11 is 0. The summed E-state index contributed by atoms with van der Waals surface area (Å²) in [5.41, 5.74) is 1.07. The molecule has 0 saturated heterocycles. The van der Waals surface area contributed by atoms with Crippen molar-refractivity contribution in [3.8, 4) is 5.75 Å². The Balaban J connectivity index is 1.63. The van der Waals surface area contributed by atoms with Gasteiger partial charge < -0.3 is 14.2 Å². The number of fused-ring (bicyclic) bond motifs is 1. The van der Waals surface area contributed by atoms with E-state index in [9.17, 15) is 4.79 Å². The van der Waals surface area contributed by atoms with Crippen LogP contribution >= 0.6 is 0 Å². The van der Waals surface area contributed by atoms with Crippen LogP contribution in [0.4, 0.5) is 0 Å². The van der Waals surface area contributed by atoms with Crippen LogP contribution in [-0.4, -0.2) is 34.1 Å². The van der Waals surface area contributed by atoms with Gasteiger partial charge in [-0.3, -0.25) is 4.79 Å². The van der Waals surface area contributed by atoms with Gasteiger partial charge in [-0.15, -0.1) is 0 Å². The van der Waals surface area contributed by atoms with Gasteiger partial charge in [0.1, 0.15) is 5.75 Å². The number of para-hydroxylation sites is 1. The summed E-state index contributed by atoms with van der Waals surface area (Å²) in [7, 11) is 1.72. The number of amides is 1. The molecule has 6 heteroatoms. The second kappa shape index (κ2) is 5.79. The number of rotatable bonds is 4. The smallest absolute Gasteiger partial charge is 0.264 e. The lowest BCUT2D eigenvalue weighted by Gasteiger charge is -2.19. The van der Waals surface area contributed by atoms with Crippen molar-refractivity contribution < 1.29 is 14.1 Å². The molecule has 0 fully saturated rings. The molecule has 1 aliphatic rings. The van der Waals surface area contributed by atoms with Gasteiger partial charge in [-0.05, 0) is 11.6 Å². The van der Waals surface area contributed by atoms with Crippen molar-refractivity contribution in [2.24, 2.45) is 0 Å². The van der Waals surface area contributed by atoms with E-state index in [4.69, 9.17) is 9.26 Å². The Morgan fingerprint density at radius 1 is 1.41 bits per heavy atom. The molecular formula is C16H19N3O3. The predicted molar refractivity (Wildman–Crippen MR) is 79.4 cm³/mol. The lowest BCUT2D eigenvalue weighted by atomic mass is 10.1. The highest BCUT2D eigenvalue weighted by molar-refractivity contribution is 5.82. The zero-order valence-electron chi connectivity index (χ0n) is 12.9. The summed E-state index contributed by atoms with van der Waals surface area (Å²) in [6.07, 6.45) is 0.127. The lowest BCUT2D eigenvalue weighted by Crippen LogP contribution is -2.38. The zero-order valence-corrected chi connectivity index (χ0v) is 12.9. The number of ether oxygens (including phenoxy) is 1. The molecule has 2 aromatic rings. The zero-order chi connectivity index (χ0) is 15.7. The van der Waals surface area contributed by atoms with E-state index in [-0.39, 0.29) is 11.8 Å². The fourth-order valence-corrected chi connectivity index (χ4v) is 2.42. The van der Waals surface area contributed by atoms with E-state index in [0.29, 0.717) is 24.7 Å². The third kappa shape index (κ3) is 2.81. The Morgan fingerprint density at radius 3 is 2.86 bits per heavy atom. The van der Waals surface area contributed by atoms with E-state index < -0.39 is 6.10 Å². The summed E-state index contributed by atoms with van der Waals surface area (Å²) in [6.45, 7) is 4.27. The molecule has 1 aliphatic heterocycles. The average molecular weight is 301 g/mol. The predicted octanol–water partition coefficient (Wildman–Crippen LogP) is 2.16. The van der Waals surface area contributed by atoms with Crippen LogP contribution in [0.1, 0.15) is 37.0 Å². The van der Waals surface area contributed by atoms with E-state index in [1.165, 1.54) is 0 Å². The molecule has 22 heavy (non-hydrogen) atoms. The Kier molecular flexibility index (Phi) is 3.83. The van der Waals surface area contributed by atoms with Crippen LogP contribution in [0.5, 0.6) is 5.75 Å². The number of carbonyl (C=O) groups is 1. The van der Waals surface area contributed by atoms with E-state index in [1.807, 2.05) is 38.1 Å². The Morgan fingerprint density at radius 2 is 2.18 bits per heavy atom. The standard InChI is InChI=1S/C16H19N3O3/c1-10(2)15-17-14(18-22-15)9-19(3)16(20)13-8-11-6-4-5-7-12(11)21-13/h4-7,10,13H,8-9H2,1-3H3/t13-/m0/s1. The highest BCUT2D eigenvalue weighted by atomic mass is 16.5. The molecule has 0 saturated carbocycles. The van der Waals surface area contributed by atoms with Crippen molar-refractivity contribution in [1.82, 2.24) is 15.0 Å². The second-order valence-electron chi connectivity index (χ2n) is 5.82. The van der Waals surface area contributed by atoms with Crippen molar-refractivity contribution >= 4 is 5.91 Å². The molecule has 1 aromatic heterocycles. The topological polar surface area (TPSA) is 68.5 Å². The summed E-state index contributed by atoms with van der Waals surface area (Å²) in [5, 5.41) is 3.91. The molecule has 6 nitrogen and oxygen atoms in total. The molecule has 0 N–H and O–H groups in total. The van der Waals surface area contributed by atoms with Crippen molar-refractivity contribution in [3.05, 3.63) is 41.5 Å². The van der Waals surface area contributed by atoms with Crippen LogP contribution in [-0.2, 0) is 17.8 Å². The van der Waals surface area contributed by atoms with Gasteiger partial charge in [0.2, 0.25) is 5.89 Å². The SMILES string of the molecule is CC(C)c1nc(CN(C)C(=O)[C@@H]2Cc3ccccc3O2)no1. The van der Waals surface area contributed by atoms with Gasteiger partial charge in [-0.2, -0.15) is 4.98 Å². The quantitative estimate of drug-likeness (QED) is 0.865. The third-order valence-electron chi connectivity index (χ3n) is 3.66. The Hall–Kier alpha value is -2.37. The first-order chi connectivity index (χ1) is 10.5. The number of benzene rings is 1. The number of likely N-dealkylation sites (N-methyl/N-ethyl adjacent to an activating group) is 1. The monoisotopic (exact) mass is 301 g/mol. The van der Waals surface area contributed by atoms with E-state index in [2.05, 4.69) is 10.1 Å². The molecule has 3 rings (SSSR count). The molecule has 0 aliphatic carbocycles. The first kappa shape index (κ1) is 14.6. The van der Waals surface area contributed by atoms with Crippen LogP contribution in [0.3, 0.4) is 0 Å². The van der Waals surface area contributed by atoms with Crippen molar-refractivity contribution in [3.63, 3.8) is 0 Å². The largest absolute Gasteiger partial charge is 0.480 e. The number of hydrogen-bond acceptors (Lipinski definition) is 5. The maximum absolute atomic E-state index is 12.5. The van der Waals surface area contributed by atoms with Crippen LogP contribution in [0.2, 0.25) is 0 Å². The molecule has 116 valence electrons. The maximum Gasteiger partial charge on any atom is 0.264 e. The van der Waals surface area contributed by atoms with Gasteiger partial charge in [0.15, 0.2) is 11.9 Å². The fraction of sp³-hybridized carbons (Fsp3) is 0.438. The van der Waals surface area contributed by atoms with E-state index in [1.54, 1.807) is 11.9 Å². The Bertz CT molecular complexity index is 656. The Labute approximate surface area is 129 Å². The minimum Gasteiger partial charge on any atom is -0.480 e. The molecule has 0 bridgehead atoms. The summed E-state index contributed by atoms with van der Waals surface area (Å²) in [4.78, 5) is 18.3. The van der Waals surface area contributed by atoms with E-state index in [0.717, 1.165) is 11.3 Å². The van der Waals surface area contributed by atoms with Crippen LogP contribution in [0, 0.1) is 0 Å². The minimum absolute atomic E-state index is 0.0768. The molecule has 2 heterocycles. The second-order valence-corrected chi connectivity index (χ2v) is 5.82. The summed E-state index contributed by atoms with van der Waals surface area (Å²) in [5.74, 6) is 1.98.